The molecule has 0 aliphatic heterocycles. The Morgan fingerprint density at radius 1 is 1.35 bits per heavy atom. The van der Waals surface area contributed by atoms with Crippen LogP contribution in [0.5, 0.6) is 0 Å². The summed E-state index contributed by atoms with van der Waals surface area (Å²) in [6.45, 7) is 5.41. The summed E-state index contributed by atoms with van der Waals surface area (Å²) in [4.78, 5) is 24.6. The van der Waals surface area contributed by atoms with Crippen LogP contribution in [0.2, 0.25) is 0 Å². The van der Waals surface area contributed by atoms with E-state index in [1.165, 1.54) is 4.90 Å². The van der Waals surface area contributed by atoms with Crippen LogP contribution in [0.3, 0.4) is 0 Å². The zero-order valence-corrected chi connectivity index (χ0v) is 11.9. The average molecular weight is 274 g/mol. The summed E-state index contributed by atoms with van der Waals surface area (Å²) in [5, 5.41) is 17.7. The minimum absolute atomic E-state index is 0.0836. The molecule has 0 aliphatic rings. The lowest BCUT2D eigenvalue weighted by Crippen LogP contribution is -2.40. The van der Waals surface area contributed by atoms with Crippen LogP contribution in [-0.2, 0) is 9.59 Å². The molecule has 1 N–H and O–H groups in total. The molecule has 5 nitrogen and oxygen atoms in total. The van der Waals surface area contributed by atoms with Crippen molar-refractivity contribution in [3.8, 4) is 6.07 Å². The molecule has 20 heavy (non-hydrogen) atoms. The van der Waals surface area contributed by atoms with Gasteiger partial charge in [-0.25, -0.2) is 0 Å². The quantitative estimate of drug-likeness (QED) is 0.914. The fourth-order valence-corrected chi connectivity index (χ4v) is 1.70. The van der Waals surface area contributed by atoms with Crippen LogP contribution >= 0.6 is 0 Å². The van der Waals surface area contributed by atoms with Crippen molar-refractivity contribution < 1.29 is 14.7 Å². The first-order valence-corrected chi connectivity index (χ1v) is 6.29. The highest BCUT2D eigenvalue weighted by molar-refractivity contribution is 5.97. The number of nitriles is 1. The van der Waals surface area contributed by atoms with Crippen LogP contribution in [0.4, 0.5) is 5.69 Å². The van der Waals surface area contributed by atoms with E-state index in [-0.39, 0.29) is 18.9 Å². The zero-order valence-electron chi connectivity index (χ0n) is 11.9. The first kappa shape index (κ1) is 15.7. The number of anilines is 1. The minimum atomic E-state index is -0.965. The highest BCUT2D eigenvalue weighted by atomic mass is 16.4. The number of hydrogen-bond donors (Lipinski definition) is 1. The zero-order chi connectivity index (χ0) is 15.3. The molecule has 5 heteroatoms. The SMILES string of the molecule is CC(C)(C)C(=O)N(CCC(=O)O)c1cccc(C#N)c1. The molecule has 0 saturated carbocycles. The van der Waals surface area contributed by atoms with E-state index < -0.39 is 11.4 Å². The Labute approximate surface area is 118 Å². The van der Waals surface area contributed by atoms with Crippen LogP contribution < -0.4 is 4.90 Å². The molecule has 0 heterocycles. The molecular weight excluding hydrogens is 256 g/mol. The fourth-order valence-electron chi connectivity index (χ4n) is 1.70. The fraction of sp³-hybridized carbons (Fsp3) is 0.400. The molecule has 1 rings (SSSR count). The van der Waals surface area contributed by atoms with E-state index in [0.29, 0.717) is 11.3 Å². The summed E-state index contributed by atoms with van der Waals surface area (Å²) >= 11 is 0. The number of aliphatic carboxylic acids is 1. The molecule has 0 aromatic heterocycles. The Kier molecular flexibility index (Phi) is 4.87. The van der Waals surface area contributed by atoms with E-state index in [0.717, 1.165) is 0 Å². The summed E-state index contributed by atoms with van der Waals surface area (Å²) < 4.78 is 0. The highest BCUT2D eigenvalue weighted by Gasteiger charge is 2.28. The molecule has 0 aliphatic carbocycles. The maximum atomic E-state index is 12.4. The van der Waals surface area contributed by atoms with Crippen LogP contribution in [0.1, 0.15) is 32.8 Å². The van der Waals surface area contributed by atoms with Crippen LogP contribution in [0, 0.1) is 16.7 Å². The van der Waals surface area contributed by atoms with Crippen molar-refractivity contribution in [1.82, 2.24) is 0 Å². The molecule has 0 bridgehead atoms. The molecule has 0 saturated heterocycles. The highest BCUT2D eigenvalue weighted by Crippen LogP contribution is 2.24. The summed E-state index contributed by atoms with van der Waals surface area (Å²) in [5.41, 5.74) is 0.357. The van der Waals surface area contributed by atoms with Crippen molar-refractivity contribution >= 4 is 17.6 Å². The monoisotopic (exact) mass is 274 g/mol. The predicted octanol–water partition coefficient (Wildman–Crippen LogP) is 2.41. The van der Waals surface area contributed by atoms with Gasteiger partial charge in [-0.2, -0.15) is 5.26 Å². The van der Waals surface area contributed by atoms with Crippen LogP contribution in [-0.4, -0.2) is 23.5 Å². The van der Waals surface area contributed by atoms with Crippen molar-refractivity contribution in [2.24, 2.45) is 5.41 Å². The largest absolute Gasteiger partial charge is 0.481 e. The molecule has 1 amide bonds. The van der Waals surface area contributed by atoms with Gasteiger partial charge < -0.3 is 10.0 Å². The van der Waals surface area contributed by atoms with Gasteiger partial charge in [0, 0.05) is 17.6 Å². The molecular formula is C15H18N2O3. The van der Waals surface area contributed by atoms with Gasteiger partial charge in [0.15, 0.2) is 0 Å². The second kappa shape index (κ2) is 6.20. The predicted molar refractivity (Wildman–Crippen MR) is 75.2 cm³/mol. The number of rotatable bonds is 4. The number of amides is 1. The first-order chi connectivity index (χ1) is 9.25. The third-order valence-electron chi connectivity index (χ3n) is 2.72. The number of carbonyl (C=O) groups excluding carboxylic acids is 1. The molecule has 1 aromatic carbocycles. The van der Waals surface area contributed by atoms with E-state index >= 15 is 0 Å². The molecule has 0 fully saturated rings. The van der Waals surface area contributed by atoms with E-state index in [1.54, 1.807) is 45.0 Å². The Hall–Kier alpha value is -2.35. The van der Waals surface area contributed by atoms with Crippen molar-refractivity contribution in [2.75, 3.05) is 11.4 Å². The van der Waals surface area contributed by atoms with Crippen molar-refractivity contribution in [1.29, 1.82) is 5.26 Å². The lowest BCUT2D eigenvalue weighted by atomic mass is 9.94. The third-order valence-corrected chi connectivity index (χ3v) is 2.72. The second-order valence-electron chi connectivity index (χ2n) is 5.51. The molecule has 0 unspecified atom stereocenters. The lowest BCUT2D eigenvalue weighted by Gasteiger charge is -2.29. The number of benzene rings is 1. The van der Waals surface area contributed by atoms with Gasteiger partial charge >= 0.3 is 5.97 Å². The summed E-state index contributed by atoms with van der Waals surface area (Å²) in [6.07, 6.45) is -0.140. The summed E-state index contributed by atoms with van der Waals surface area (Å²) in [7, 11) is 0. The number of hydrogen-bond acceptors (Lipinski definition) is 3. The average Bonchev–Trinajstić information content (AvgIpc) is 2.37. The van der Waals surface area contributed by atoms with Gasteiger partial charge in [-0.1, -0.05) is 26.8 Å². The Balaban J connectivity index is 3.12. The summed E-state index contributed by atoms with van der Waals surface area (Å²) in [6, 6.07) is 8.62. The van der Waals surface area contributed by atoms with Gasteiger partial charge in [0.05, 0.1) is 18.1 Å². The van der Waals surface area contributed by atoms with Crippen LogP contribution in [0.15, 0.2) is 24.3 Å². The van der Waals surface area contributed by atoms with Gasteiger partial charge in [0.1, 0.15) is 0 Å². The Bertz CT molecular complexity index is 553. The van der Waals surface area contributed by atoms with Gasteiger partial charge in [-0.15, -0.1) is 0 Å². The standard InChI is InChI=1S/C15H18N2O3/c1-15(2,3)14(20)17(8-7-13(18)19)12-6-4-5-11(9-12)10-16/h4-6,9H,7-8H2,1-3H3,(H,18,19). The van der Waals surface area contributed by atoms with E-state index in [4.69, 9.17) is 10.4 Å². The second-order valence-corrected chi connectivity index (χ2v) is 5.51. The molecule has 1 aromatic rings. The molecule has 106 valence electrons. The number of carbonyl (C=O) groups is 2. The first-order valence-electron chi connectivity index (χ1n) is 6.29. The topological polar surface area (TPSA) is 81.4 Å². The van der Waals surface area contributed by atoms with E-state index in [2.05, 4.69) is 0 Å². The van der Waals surface area contributed by atoms with E-state index in [9.17, 15) is 9.59 Å². The minimum Gasteiger partial charge on any atom is -0.481 e. The van der Waals surface area contributed by atoms with Gasteiger partial charge in [-0.3, -0.25) is 9.59 Å². The van der Waals surface area contributed by atoms with Gasteiger partial charge in [-0.05, 0) is 18.2 Å². The molecule has 0 atom stereocenters. The normalized spacial score (nSPS) is 10.7. The third kappa shape index (κ3) is 4.09. The van der Waals surface area contributed by atoms with E-state index in [1.807, 2.05) is 6.07 Å². The Morgan fingerprint density at radius 3 is 2.50 bits per heavy atom. The molecule has 0 radical (unpaired) electrons. The smallest absolute Gasteiger partial charge is 0.305 e. The summed E-state index contributed by atoms with van der Waals surface area (Å²) in [5.74, 6) is -1.14. The van der Waals surface area contributed by atoms with Crippen molar-refractivity contribution in [3.05, 3.63) is 29.8 Å². The maximum Gasteiger partial charge on any atom is 0.305 e. The van der Waals surface area contributed by atoms with Crippen molar-refractivity contribution in [3.63, 3.8) is 0 Å². The number of carboxylic acid groups (broad SMARTS) is 1. The van der Waals surface area contributed by atoms with Crippen molar-refractivity contribution in [2.45, 2.75) is 27.2 Å². The Morgan fingerprint density at radius 2 is 2.00 bits per heavy atom. The maximum absolute atomic E-state index is 12.4. The lowest BCUT2D eigenvalue weighted by molar-refractivity contribution is -0.136. The van der Waals surface area contributed by atoms with Crippen LogP contribution in [0.25, 0.3) is 0 Å². The van der Waals surface area contributed by atoms with Gasteiger partial charge in [0.2, 0.25) is 5.91 Å². The molecule has 0 spiro atoms. The number of carboxylic acids is 1. The van der Waals surface area contributed by atoms with Gasteiger partial charge in [0.25, 0.3) is 0 Å². The number of nitrogens with zero attached hydrogens (tertiary/aromatic N) is 2.